The first-order valence-corrected chi connectivity index (χ1v) is 3.95. The Kier molecular flexibility index (Phi) is 3.10. The maximum atomic E-state index is 12.8. The SMILES string of the molecule is CNCc1ccc(F)c(C(F)(F)F)c1. The summed E-state index contributed by atoms with van der Waals surface area (Å²) < 4.78 is 49.4. The average molecular weight is 207 g/mol. The van der Waals surface area contributed by atoms with Gasteiger partial charge in [-0.15, -0.1) is 0 Å². The highest BCUT2D eigenvalue weighted by atomic mass is 19.4. The molecule has 14 heavy (non-hydrogen) atoms. The number of hydrogen-bond acceptors (Lipinski definition) is 1. The number of nitrogens with one attached hydrogen (secondary N) is 1. The third kappa shape index (κ3) is 2.45. The molecule has 1 aromatic carbocycles. The maximum absolute atomic E-state index is 12.8. The predicted molar refractivity (Wildman–Crippen MR) is 44.2 cm³/mol. The van der Waals surface area contributed by atoms with Crippen LogP contribution in [-0.4, -0.2) is 7.05 Å². The van der Waals surface area contributed by atoms with Crippen LogP contribution in [0.5, 0.6) is 0 Å². The largest absolute Gasteiger partial charge is 0.419 e. The van der Waals surface area contributed by atoms with E-state index in [1.54, 1.807) is 7.05 Å². The molecule has 0 atom stereocenters. The summed E-state index contributed by atoms with van der Waals surface area (Å²) >= 11 is 0. The highest BCUT2D eigenvalue weighted by Crippen LogP contribution is 2.31. The quantitative estimate of drug-likeness (QED) is 0.735. The first-order valence-electron chi connectivity index (χ1n) is 3.95. The molecule has 1 N–H and O–H groups in total. The van der Waals surface area contributed by atoms with Gasteiger partial charge in [0.2, 0.25) is 0 Å². The molecule has 0 bridgehead atoms. The fraction of sp³-hybridized carbons (Fsp3) is 0.333. The molecule has 0 radical (unpaired) electrons. The fourth-order valence-electron chi connectivity index (χ4n) is 1.10. The van der Waals surface area contributed by atoms with Crippen molar-refractivity contribution in [2.24, 2.45) is 0 Å². The van der Waals surface area contributed by atoms with Crippen LogP contribution in [0.2, 0.25) is 0 Å². The van der Waals surface area contributed by atoms with Crippen molar-refractivity contribution in [1.82, 2.24) is 5.32 Å². The lowest BCUT2D eigenvalue weighted by Crippen LogP contribution is -2.11. The zero-order valence-electron chi connectivity index (χ0n) is 7.45. The number of rotatable bonds is 2. The molecular weight excluding hydrogens is 198 g/mol. The van der Waals surface area contributed by atoms with Crippen molar-refractivity contribution in [2.45, 2.75) is 12.7 Å². The first-order chi connectivity index (χ1) is 6.45. The second kappa shape index (κ2) is 3.96. The topological polar surface area (TPSA) is 12.0 Å². The van der Waals surface area contributed by atoms with E-state index in [-0.39, 0.29) is 6.54 Å². The molecule has 0 fully saturated rings. The predicted octanol–water partition coefficient (Wildman–Crippen LogP) is 2.56. The standard InChI is InChI=1S/C9H9F4N/c1-14-5-6-2-3-8(10)7(4-6)9(11,12)13/h2-4,14H,5H2,1H3. The molecule has 0 aliphatic carbocycles. The summed E-state index contributed by atoms with van der Waals surface area (Å²) in [6, 6.07) is 2.96. The second-order valence-electron chi connectivity index (χ2n) is 2.84. The molecule has 0 heterocycles. The van der Waals surface area contributed by atoms with Crippen LogP contribution in [0.4, 0.5) is 17.6 Å². The molecule has 0 spiro atoms. The molecule has 78 valence electrons. The number of halogens is 4. The maximum Gasteiger partial charge on any atom is 0.419 e. The third-order valence-electron chi connectivity index (χ3n) is 1.72. The van der Waals surface area contributed by atoms with E-state index >= 15 is 0 Å². The molecule has 0 aromatic heterocycles. The summed E-state index contributed by atoms with van der Waals surface area (Å²) in [4.78, 5) is 0. The lowest BCUT2D eigenvalue weighted by Gasteiger charge is -2.09. The molecule has 0 aliphatic rings. The highest BCUT2D eigenvalue weighted by molar-refractivity contribution is 5.27. The van der Waals surface area contributed by atoms with Crippen molar-refractivity contribution in [3.05, 3.63) is 35.1 Å². The normalized spacial score (nSPS) is 11.8. The number of alkyl halides is 3. The molecule has 0 saturated heterocycles. The van der Waals surface area contributed by atoms with Crippen LogP contribution >= 0.6 is 0 Å². The summed E-state index contributed by atoms with van der Waals surface area (Å²) in [6.07, 6.45) is -4.63. The lowest BCUT2D eigenvalue weighted by atomic mass is 10.1. The Bertz CT molecular complexity index is 319. The minimum absolute atomic E-state index is 0.281. The second-order valence-corrected chi connectivity index (χ2v) is 2.84. The van der Waals surface area contributed by atoms with Gasteiger partial charge in [-0.3, -0.25) is 0 Å². The Morgan fingerprint density at radius 2 is 1.93 bits per heavy atom. The molecule has 5 heteroatoms. The summed E-state index contributed by atoms with van der Waals surface area (Å²) in [5.41, 5.74) is -0.813. The fourth-order valence-corrected chi connectivity index (χ4v) is 1.10. The van der Waals surface area contributed by atoms with Crippen LogP contribution in [0.25, 0.3) is 0 Å². The molecule has 0 amide bonds. The Morgan fingerprint density at radius 1 is 1.29 bits per heavy atom. The monoisotopic (exact) mass is 207 g/mol. The Hall–Kier alpha value is -1.10. The smallest absolute Gasteiger partial charge is 0.316 e. The van der Waals surface area contributed by atoms with E-state index < -0.39 is 17.6 Å². The van der Waals surface area contributed by atoms with Crippen LogP contribution in [0.1, 0.15) is 11.1 Å². The van der Waals surface area contributed by atoms with Gasteiger partial charge in [-0.1, -0.05) is 6.07 Å². The van der Waals surface area contributed by atoms with Crippen LogP contribution in [0.3, 0.4) is 0 Å². The summed E-state index contributed by atoms with van der Waals surface area (Å²) in [6.45, 7) is 0.281. The van der Waals surface area contributed by atoms with Crippen LogP contribution < -0.4 is 5.32 Å². The zero-order valence-corrected chi connectivity index (χ0v) is 7.45. The minimum Gasteiger partial charge on any atom is -0.316 e. The van der Waals surface area contributed by atoms with Crippen molar-refractivity contribution in [3.8, 4) is 0 Å². The molecular formula is C9H9F4N. The van der Waals surface area contributed by atoms with Crippen molar-refractivity contribution in [3.63, 3.8) is 0 Å². The van der Waals surface area contributed by atoms with Gasteiger partial charge in [-0.25, -0.2) is 4.39 Å². The molecule has 1 rings (SSSR count). The van der Waals surface area contributed by atoms with Gasteiger partial charge >= 0.3 is 6.18 Å². The van der Waals surface area contributed by atoms with Crippen molar-refractivity contribution < 1.29 is 17.6 Å². The minimum atomic E-state index is -4.63. The third-order valence-corrected chi connectivity index (χ3v) is 1.72. The van der Waals surface area contributed by atoms with Crippen molar-refractivity contribution >= 4 is 0 Å². The Balaban J connectivity index is 3.09. The Morgan fingerprint density at radius 3 is 2.43 bits per heavy atom. The van der Waals surface area contributed by atoms with Crippen LogP contribution in [0, 0.1) is 5.82 Å². The molecule has 0 saturated carbocycles. The molecule has 1 aromatic rings. The van der Waals surface area contributed by atoms with Gasteiger partial charge in [-0.05, 0) is 24.7 Å². The van der Waals surface area contributed by atoms with Gasteiger partial charge in [-0.2, -0.15) is 13.2 Å². The van der Waals surface area contributed by atoms with Gasteiger partial charge in [0, 0.05) is 6.54 Å². The van der Waals surface area contributed by atoms with Gasteiger partial charge < -0.3 is 5.32 Å². The lowest BCUT2D eigenvalue weighted by molar-refractivity contribution is -0.140. The molecule has 0 aliphatic heterocycles. The van der Waals surface area contributed by atoms with Crippen molar-refractivity contribution in [2.75, 3.05) is 7.05 Å². The van der Waals surface area contributed by atoms with E-state index in [0.29, 0.717) is 5.56 Å². The number of hydrogen-bond donors (Lipinski definition) is 1. The van der Waals surface area contributed by atoms with E-state index in [1.165, 1.54) is 6.07 Å². The summed E-state index contributed by atoms with van der Waals surface area (Å²) in [7, 11) is 1.61. The van der Waals surface area contributed by atoms with Gasteiger partial charge in [0.05, 0.1) is 5.56 Å². The van der Waals surface area contributed by atoms with Gasteiger partial charge in [0.1, 0.15) is 5.82 Å². The molecule has 0 unspecified atom stereocenters. The Labute approximate surface area is 78.7 Å². The van der Waals surface area contributed by atoms with E-state index in [1.807, 2.05) is 0 Å². The van der Waals surface area contributed by atoms with Crippen molar-refractivity contribution in [1.29, 1.82) is 0 Å². The van der Waals surface area contributed by atoms with E-state index in [0.717, 1.165) is 12.1 Å². The van der Waals surface area contributed by atoms with Gasteiger partial charge in [0.15, 0.2) is 0 Å². The number of benzene rings is 1. The highest BCUT2D eigenvalue weighted by Gasteiger charge is 2.33. The van der Waals surface area contributed by atoms with E-state index in [9.17, 15) is 17.6 Å². The van der Waals surface area contributed by atoms with E-state index in [2.05, 4.69) is 5.32 Å². The zero-order chi connectivity index (χ0) is 10.8. The average Bonchev–Trinajstić information content (AvgIpc) is 2.07. The van der Waals surface area contributed by atoms with E-state index in [4.69, 9.17) is 0 Å². The molecule has 1 nitrogen and oxygen atoms in total. The summed E-state index contributed by atoms with van der Waals surface area (Å²) in [5, 5.41) is 2.69. The first kappa shape index (κ1) is 11.0. The summed E-state index contributed by atoms with van der Waals surface area (Å²) in [5.74, 6) is -1.24. The van der Waals surface area contributed by atoms with Gasteiger partial charge in [0.25, 0.3) is 0 Å². The van der Waals surface area contributed by atoms with Crippen LogP contribution in [-0.2, 0) is 12.7 Å². The van der Waals surface area contributed by atoms with Crippen LogP contribution in [0.15, 0.2) is 18.2 Å².